The van der Waals surface area contributed by atoms with Crippen LogP contribution in [0.25, 0.3) is 0 Å². The monoisotopic (exact) mass is 320 g/mol. The second-order valence-corrected chi connectivity index (χ2v) is 6.97. The van der Waals surface area contributed by atoms with E-state index < -0.39 is 34.2 Å². The molecule has 2 unspecified atom stereocenters. The molecule has 0 aromatic carbocycles. The highest BCUT2D eigenvalue weighted by atomic mass is 32.2. The van der Waals surface area contributed by atoms with Gasteiger partial charge in [0.2, 0.25) is 0 Å². The van der Waals surface area contributed by atoms with Crippen LogP contribution in [0.5, 0.6) is 0 Å². The summed E-state index contributed by atoms with van der Waals surface area (Å²) >= 11 is 0. The smallest absolute Gasteiger partial charge is 0.324 e. The van der Waals surface area contributed by atoms with Crippen LogP contribution in [-0.4, -0.2) is 65.9 Å². The van der Waals surface area contributed by atoms with E-state index >= 15 is 0 Å². The van der Waals surface area contributed by atoms with Gasteiger partial charge in [-0.1, -0.05) is 0 Å². The number of rotatable bonds is 5. The number of carbonyl (C=O) groups excluding carboxylic acids is 1. The topological polar surface area (TPSA) is 104 Å². The van der Waals surface area contributed by atoms with Crippen LogP contribution in [0.1, 0.15) is 32.6 Å². The Hall–Kier alpha value is -1.19. The van der Waals surface area contributed by atoms with Crippen molar-refractivity contribution in [2.75, 3.05) is 19.7 Å². The van der Waals surface area contributed by atoms with Crippen LogP contribution in [-0.2, 0) is 24.5 Å². The predicted octanol–water partition coefficient (Wildman–Crippen LogP) is -0.192. The average Bonchev–Trinajstić information content (AvgIpc) is 3.08. The molecule has 21 heavy (non-hydrogen) atoms. The quantitative estimate of drug-likeness (QED) is 0.704. The lowest BCUT2D eigenvalue weighted by atomic mass is 10.2. The lowest BCUT2D eigenvalue weighted by Gasteiger charge is -2.29. The van der Waals surface area contributed by atoms with Crippen molar-refractivity contribution in [1.29, 1.82) is 0 Å². The number of hydrogen-bond donors (Lipinski definition) is 1. The SMILES string of the molecule is CCOC(=O)C1CCCN1S(=O)(=O)N1CCCC1C(=O)O. The van der Waals surface area contributed by atoms with Crippen molar-refractivity contribution in [3.63, 3.8) is 0 Å². The fourth-order valence-corrected chi connectivity index (χ4v) is 4.91. The van der Waals surface area contributed by atoms with Crippen molar-refractivity contribution >= 4 is 22.1 Å². The standard InChI is InChI=1S/C12H20N2O6S/c1-2-20-12(17)10-6-4-8-14(10)21(18,19)13-7-3-5-9(13)11(15)16/h9-10H,2-8H2,1H3,(H,15,16). The van der Waals surface area contributed by atoms with Gasteiger partial charge in [0, 0.05) is 13.1 Å². The number of esters is 1. The summed E-state index contributed by atoms with van der Waals surface area (Å²) in [5.41, 5.74) is 0. The van der Waals surface area contributed by atoms with Gasteiger partial charge in [-0.2, -0.15) is 17.0 Å². The summed E-state index contributed by atoms with van der Waals surface area (Å²) in [7, 11) is -3.96. The number of carbonyl (C=O) groups is 2. The number of ether oxygens (including phenoxy) is 1. The third kappa shape index (κ3) is 3.04. The Bertz CT molecular complexity index is 520. The summed E-state index contributed by atoms with van der Waals surface area (Å²) in [5.74, 6) is -1.72. The zero-order chi connectivity index (χ0) is 15.6. The van der Waals surface area contributed by atoms with Crippen LogP contribution in [0.2, 0.25) is 0 Å². The van der Waals surface area contributed by atoms with Crippen LogP contribution in [0.3, 0.4) is 0 Å². The summed E-state index contributed by atoms with van der Waals surface area (Å²) in [6.45, 7) is 2.23. The molecule has 2 aliphatic heterocycles. The molecule has 2 rings (SSSR count). The summed E-state index contributed by atoms with van der Waals surface area (Å²) < 4.78 is 32.3. The molecule has 2 aliphatic rings. The highest BCUT2D eigenvalue weighted by Gasteiger charge is 2.47. The minimum Gasteiger partial charge on any atom is -0.480 e. The van der Waals surface area contributed by atoms with Gasteiger partial charge in [-0.15, -0.1) is 0 Å². The van der Waals surface area contributed by atoms with E-state index in [9.17, 15) is 18.0 Å². The van der Waals surface area contributed by atoms with Crippen LogP contribution in [0, 0.1) is 0 Å². The van der Waals surface area contributed by atoms with E-state index in [4.69, 9.17) is 9.84 Å². The molecule has 2 heterocycles. The van der Waals surface area contributed by atoms with Gasteiger partial charge in [-0.25, -0.2) is 0 Å². The van der Waals surface area contributed by atoms with Crippen molar-refractivity contribution < 1.29 is 27.9 Å². The van der Waals surface area contributed by atoms with Crippen molar-refractivity contribution in [1.82, 2.24) is 8.61 Å². The molecule has 9 heteroatoms. The molecule has 0 amide bonds. The van der Waals surface area contributed by atoms with Crippen molar-refractivity contribution in [2.45, 2.75) is 44.7 Å². The first-order valence-corrected chi connectivity index (χ1v) is 8.47. The molecule has 0 saturated carbocycles. The molecule has 2 saturated heterocycles. The Kier molecular flexibility index (Phi) is 4.84. The average molecular weight is 320 g/mol. The van der Waals surface area contributed by atoms with Gasteiger partial charge in [0.1, 0.15) is 12.1 Å². The Balaban J connectivity index is 2.22. The third-order valence-corrected chi connectivity index (χ3v) is 5.90. The molecular weight excluding hydrogens is 300 g/mol. The zero-order valence-electron chi connectivity index (χ0n) is 11.9. The first kappa shape index (κ1) is 16.2. The molecule has 120 valence electrons. The highest BCUT2D eigenvalue weighted by molar-refractivity contribution is 7.86. The zero-order valence-corrected chi connectivity index (χ0v) is 12.7. The Morgan fingerprint density at radius 2 is 1.67 bits per heavy atom. The third-order valence-electron chi connectivity index (χ3n) is 3.84. The van der Waals surface area contributed by atoms with Crippen LogP contribution in [0.15, 0.2) is 0 Å². The van der Waals surface area contributed by atoms with Gasteiger partial charge in [0.25, 0.3) is 10.2 Å². The molecule has 1 N–H and O–H groups in total. The van der Waals surface area contributed by atoms with Gasteiger partial charge in [-0.3, -0.25) is 9.59 Å². The summed E-state index contributed by atoms with van der Waals surface area (Å²) in [6.07, 6.45) is 1.78. The van der Waals surface area contributed by atoms with Crippen molar-refractivity contribution in [2.24, 2.45) is 0 Å². The molecule has 0 radical (unpaired) electrons. The van der Waals surface area contributed by atoms with Crippen molar-refractivity contribution in [3.8, 4) is 0 Å². The van der Waals surface area contributed by atoms with E-state index in [0.717, 1.165) is 8.61 Å². The minimum atomic E-state index is -3.96. The molecule has 8 nitrogen and oxygen atoms in total. The number of hydrogen-bond acceptors (Lipinski definition) is 5. The normalized spacial score (nSPS) is 27.9. The van der Waals surface area contributed by atoms with E-state index in [0.29, 0.717) is 25.7 Å². The maximum absolute atomic E-state index is 12.6. The maximum atomic E-state index is 12.6. The molecule has 2 fully saturated rings. The van der Waals surface area contributed by atoms with Crippen LogP contribution in [0.4, 0.5) is 0 Å². The first-order chi connectivity index (χ1) is 9.89. The van der Waals surface area contributed by atoms with Gasteiger partial charge in [0.05, 0.1) is 6.61 Å². The molecule has 2 atom stereocenters. The second kappa shape index (κ2) is 6.29. The second-order valence-electron chi connectivity index (χ2n) is 5.14. The van der Waals surface area contributed by atoms with E-state index in [2.05, 4.69) is 0 Å². The summed E-state index contributed by atoms with van der Waals surface area (Å²) in [4.78, 5) is 23.0. The number of nitrogens with zero attached hydrogens (tertiary/aromatic N) is 2. The van der Waals surface area contributed by atoms with E-state index in [1.807, 2.05) is 0 Å². The first-order valence-electron chi connectivity index (χ1n) is 7.07. The molecule has 0 bridgehead atoms. The highest BCUT2D eigenvalue weighted by Crippen LogP contribution is 2.29. The number of carboxylic acid groups (broad SMARTS) is 1. The van der Waals surface area contributed by atoms with Gasteiger partial charge >= 0.3 is 11.9 Å². The minimum absolute atomic E-state index is 0.172. The van der Waals surface area contributed by atoms with E-state index in [-0.39, 0.29) is 19.7 Å². The number of aliphatic carboxylic acids is 1. The Morgan fingerprint density at radius 3 is 2.19 bits per heavy atom. The van der Waals surface area contributed by atoms with Gasteiger partial charge in [-0.05, 0) is 32.6 Å². The summed E-state index contributed by atoms with van der Waals surface area (Å²) in [5, 5.41) is 9.13. The fraction of sp³-hybridized carbons (Fsp3) is 0.833. The predicted molar refractivity (Wildman–Crippen MR) is 72.6 cm³/mol. The van der Waals surface area contributed by atoms with E-state index in [1.54, 1.807) is 6.92 Å². The Labute approximate surface area is 123 Å². The molecule has 0 aromatic heterocycles. The summed E-state index contributed by atoms with van der Waals surface area (Å²) in [6, 6.07) is -1.89. The largest absolute Gasteiger partial charge is 0.480 e. The molecule has 0 aliphatic carbocycles. The van der Waals surface area contributed by atoms with E-state index in [1.165, 1.54) is 0 Å². The van der Waals surface area contributed by atoms with Crippen LogP contribution < -0.4 is 0 Å². The van der Waals surface area contributed by atoms with Gasteiger partial charge < -0.3 is 9.84 Å². The Morgan fingerprint density at radius 1 is 1.14 bits per heavy atom. The lowest BCUT2D eigenvalue weighted by molar-refractivity contribution is -0.146. The molecule has 0 spiro atoms. The van der Waals surface area contributed by atoms with Crippen LogP contribution >= 0.6 is 0 Å². The fourth-order valence-electron chi connectivity index (χ4n) is 2.89. The van der Waals surface area contributed by atoms with Crippen molar-refractivity contribution in [3.05, 3.63) is 0 Å². The maximum Gasteiger partial charge on any atom is 0.324 e. The molecular formula is C12H20N2O6S. The number of carboxylic acids is 1. The molecule has 0 aromatic rings. The van der Waals surface area contributed by atoms with Gasteiger partial charge in [0.15, 0.2) is 0 Å². The lowest BCUT2D eigenvalue weighted by Crippen LogP contribution is -2.51.